The minimum Gasteiger partial charge on any atom is -0.325 e. The molecule has 0 aliphatic heterocycles. The molecule has 0 unspecified atom stereocenters. The third-order valence-corrected chi connectivity index (χ3v) is 3.96. The van der Waals surface area contributed by atoms with Gasteiger partial charge < -0.3 is 10.6 Å². The van der Waals surface area contributed by atoms with E-state index < -0.39 is 0 Å². The van der Waals surface area contributed by atoms with Gasteiger partial charge in [-0.25, -0.2) is 4.98 Å². The zero-order chi connectivity index (χ0) is 16.7. The number of carbonyl (C=O) groups excluding carboxylic acids is 2. The van der Waals surface area contributed by atoms with Crippen molar-refractivity contribution in [1.29, 1.82) is 0 Å². The summed E-state index contributed by atoms with van der Waals surface area (Å²) < 4.78 is 0. The number of thioether (sulfide) groups is 1. The molecule has 1 aromatic heterocycles. The number of rotatable bonds is 6. The highest BCUT2D eigenvalue weighted by atomic mass is 35.5. The molecule has 2 amide bonds. The third-order valence-electron chi connectivity index (χ3n) is 2.78. The van der Waals surface area contributed by atoms with Gasteiger partial charge in [-0.05, 0) is 30.3 Å². The number of anilines is 2. The number of halogens is 1. The van der Waals surface area contributed by atoms with Gasteiger partial charge in [-0.3, -0.25) is 9.59 Å². The maximum Gasteiger partial charge on any atom is 0.225 e. The molecular weight excluding hydrogens is 334 g/mol. The largest absolute Gasteiger partial charge is 0.325 e. The Labute approximate surface area is 143 Å². The second-order valence-electron chi connectivity index (χ2n) is 4.69. The van der Waals surface area contributed by atoms with E-state index in [4.69, 9.17) is 11.6 Å². The number of amides is 2. The molecule has 5 nitrogen and oxygen atoms in total. The number of pyridine rings is 1. The summed E-state index contributed by atoms with van der Waals surface area (Å²) in [7, 11) is 0. The SMILES string of the molecule is CC(=O)Nc1ccc(Cl)cc1NC(=O)CCSc1ccccn1. The van der Waals surface area contributed by atoms with E-state index in [2.05, 4.69) is 15.6 Å². The fraction of sp³-hybridized carbons (Fsp3) is 0.188. The van der Waals surface area contributed by atoms with Crippen LogP contribution in [-0.2, 0) is 9.59 Å². The third kappa shape index (κ3) is 5.92. The first-order valence-corrected chi connectivity index (χ1v) is 8.32. The van der Waals surface area contributed by atoms with Gasteiger partial charge in [-0.15, -0.1) is 11.8 Å². The summed E-state index contributed by atoms with van der Waals surface area (Å²) in [4.78, 5) is 27.4. The van der Waals surface area contributed by atoms with Crippen molar-refractivity contribution in [3.05, 3.63) is 47.6 Å². The normalized spacial score (nSPS) is 10.2. The Balaban J connectivity index is 1.91. The molecule has 0 radical (unpaired) electrons. The molecule has 0 aliphatic carbocycles. The first-order chi connectivity index (χ1) is 11.0. The molecule has 120 valence electrons. The molecule has 1 heterocycles. The maximum atomic E-state index is 12.1. The summed E-state index contributed by atoms with van der Waals surface area (Å²) in [5.41, 5.74) is 1.01. The van der Waals surface area contributed by atoms with Crippen molar-refractivity contribution >= 4 is 46.6 Å². The molecule has 0 aliphatic rings. The van der Waals surface area contributed by atoms with Crippen LogP contribution in [0.15, 0.2) is 47.6 Å². The zero-order valence-corrected chi connectivity index (χ0v) is 14.1. The Morgan fingerprint density at radius 1 is 1.17 bits per heavy atom. The van der Waals surface area contributed by atoms with Crippen molar-refractivity contribution in [2.24, 2.45) is 0 Å². The molecule has 7 heteroatoms. The van der Waals surface area contributed by atoms with Crippen LogP contribution in [0.25, 0.3) is 0 Å². The lowest BCUT2D eigenvalue weighted by Crippen LogP contribution is -2.15. The van der Waals surface area contributed by atoms with Gasteiger partial charge in [0.25, 0.3) is 0 Å². The number of hydrogen-bond acceptors (Lipinski definition) is 4. The topological polar surface area (TPSA) is 71.1 Å². The van der Waals surface area contributed by atoms with Gasteiger partial charge in [-0.2, -0.15) is 0 Å². The van der Waals surface area contributed by atoms with E-state index >= 15 is 0 Å². The van der Waals surface area contributed by atoms with Crippen molar-refractivity contribution in [2.45, 2.75) is 18.4 Å². The first-order valence-electron chi connectivity index (χ1n) is 6.95. The maximum absolute atomic E-state index is 12.1. The summed E-state index contributed by atoms with van der Waals surface area (Å²) in [6.45, 7) is 1.41. The van der Waals surface area contributed by atoms with E-state index in [0.29, 0.717) is 28.6 Å². The lowest BCUT2D eigenvalue weighted by molar-refractivity contribution is -0.116. The van der Waals surface area contributed by atoms with Crippen molar-refractivity contribution < 1.29 is 9.59 Å². The van der Waals surface area contributed by atoms with Gasteiger partial charge in [-0.1, -0.05) is 17.7 Å². The molecule has 0 fully saturated rings. The minimum absolute atomic E-state index is 0.151. The number of nitrogens with one attached hydrogen (secondary N) is 2. The van der Waals surface area contributed by atoms with Crippen LogP contribution in [0.2, 0.25) is 5.02 Å². The Morgan fingerprint density at radius 2 is 2.00 bits per heavy atom. The summed E-state index contributed by atoms with van der Waals surface area (Å²) in [6, 6.07) is 10.6. The van der Waals surface area contributed by atoms with Crippen LogP contribution >= 0.6 is 23.4 Å². The van der Waals surface area contributed by atoms with Gasteiger partial charge in [0.15, 0.2) is 0 Å². The smallest absolute Gasteiger partial charge is 0.225 e. The van der Waals surface area contributed by atoms with Crippen LogP contribution in [0, 0.1) is 0 Å². The van der Waals surface area contributed by atoms with Crippen molar-refractivity contribution in [3.63, 3.8) is 0 Å². The molecule has 23 heavy (non-hydrogen) atoms. The highest BCUT2D eigenvalue weighted by molar-refractivity contribution is 7.99. The summed E-state index contributed by atoms with van der Waals surface area (Å²) in [5, 5.41) is 6.79. The Kier molecular flexibility index (Phi) is 6.43. The molecule has 2 aromatic rings. The quantitative estimate of drug-likeness (QED) is 0.778. The van der Waals surface area contributed by atoms with Crippen LogP contribution < -0.4 is 10.6 Å². The average molecular weight is 350 g/mol. The van der Waals surface area contributed by atoms with Crippen molar-refractivity contribution in [2.75, 3.05) is 16.4 Å². The number of hydrogen-bond donors (Lipinski definition) is 2. The highest BCUT2D eigenvalue weighted by Crippen LogP contribution is 2.26. The number of benzene rings is 1. The fourth-order valence-corrected chi connectivity index (χ4v) is 2.79. The van der Waals surface area contributed by atoms with Crippen molar-refractivity contribution in [1.82, 2.24) is 4.98 Å². The van der Waals surface area contributed by atoms with E-state index in [1.54, 1.807) is 24.4 Å². The number of nitrogens with zero attached hydrogens (tertiary/aromatic N) is 1. The first kappa shape index (κ1) is 17.3. The number of aromatic nitrogens is 1. The highest BCUT2D eigenvalue weighted by Gasteiger charge is 2.09. The lowest BCUT2D eigenvalue weighted by atomic mass is 10.2. The molecule has 0 saturated heterocycles. The zero-order valence-electron chi connectivity index (χ0n) is 12.5. The standard InChI is InChI=1S/C16H16ClN3O2S/c1-11(21)19-13-6-5-12(17)10-14(13)20-15(22)7-9-23-16-4-2-3-8-18-16/h2-6,8,10H,7,9H2,1H3,(H,19,21)(H,20,22). The van der Waals surface area contributed by atoms with E-state index in [9.17, 15) is 9.59 Å². The fourth-order valence-electron chi connectivity index (χ4n) is 1.81. The van der Waals surface area contributed by atoms with Gasteiger partial charge in [0, 0.05) is 30.3 Å². The molecule has 0 spiro atoms. The Hall–Kier alpha value is -2.05. The summed E-state index contributed by atoms with van der Waals surface area (Å²) >= 11 is 7.45. The van der Waals surface area contributed by atoms with E-state index in [1.165, 1.54) is 18.7 Å². The van der Waals surface area contributed by atoms with E-state index in [-0.39, 0.29) is 11.8 Å². The molecule has 0 saturated carbocycles. The van der Waals surface area contributed by atoms with Gasteiger partial charge in [0.2, 0.25) is 11.8 Å². The molecular formula is C16H16ClN3O2S. The Morgan fingerprint density at radius 3 is 2.70 bits per heavy atom. The van der Waals surface area contributed by atoms with Gasteiger partial charge >= 0.3 is 0 Å². The predicted octanol–water partition coefficient (Wildman–Crippen LogP) is 3.81. The molecule has 2 rings (SSSR count). The molecule has 1 aromatic carbocycles. The number of carbonyl (C=O) groups is 2. The van der Waals surface area contributed by atoms with Crippen LogP contribution in [0.3, 0.4) is 0 Å². The van der Waals surface area contributed by atoms with Gasteiger partial charge in [0.05, 0.1) is 16.4 Å². The van der Waals surface area contributed by atoms with Gasteiger partial charge in [0.1, 0.15) is 0 Å². The minimum atomic E-state index is -0.214. The lowest BCUT2D eigenvalue weighted by Gasteiger charge is -2.12. The second kappa shape index (κ2) is 8.55. The van der Waals surface area contributed by atoms with E-state index in [1.807, 2.05) is 18.2 Å². The van der Waals surface area contributed by atoms with Crippen LogP contribution in [0.1, 0.15) is 13.3 Å². The van der Waals surface area contributed by atoms with Crippen LogP contribution in [0.4, 0.5) is 11.4 Å². The van der Waals surface area contributed by atoms with E-state index in [0.717, 1.165) is 5.03 Å². The second-order valence-corrected chi connectivity index (χ2v) is 6.24. The van der Waals surface area contributed by atoms with Crippen LogP contribution in [-0.4, -0.2) is 22.6 Å². The van der Waals surface area contributed by atoms with Crippen LogP contribution in [0.5, 0.6) is 0 Å². The average Bonchev–Trinajstić information content (AvgIpc) is 2.51. The Bertz CT molecular complexity index is 695. The summed E-state index contributed by atoms with van der Waals surface area (Å²) in [5.74, 6) is 0.245. The summed E-state index contributed by atoms with van der Waals surface area (Å²) in [6.07, 6.45) is 2.04. The molecule has 2 N–H and O–H groups in total. The monoisotopic (exact) mass is 349 g/mol. The predicted molar refractivity (Wildman–Crippen MR) is 94.0 cm³/mol. The molecule has 0 bridgehead atoms. The molecule has 0 atom stereocenters. The van der Waals surface area contributed by atoms with Crippen molar-refractivity contribution in [3.8, 4) is 0 Å².